The number of halogens is 1. The van der Waals surface area contributed by atoms with Gasteiger partial charge in [-0.25, -0.2) is 9.37 Å². The number of nitrogens with zero attached hydrogens (tertiary/aromatic N) is 2. The Labute approximate surface area is 145 Å². The number of rotatable bonds is 4. The highest BCUT2D eigenvalue weighted by Crippen LogP contribution is 2.34. The van der Waals surface area contributed by atoms with Crippen LogP contribution in [0, 0.1) is 5.82 Å². The zero-order chi connectivity index (χ0) is 17.1. The number of aromatic nitrogens is 2. The molecule has 1 aliphatic heterocycles. The van der Waals surface area contributed by atoms with Crippen LogP contribution in [0.25, 0.3) is 11.1 Å². The molecule has 0 bridgehead atoms. The zero-order valence-electron chi connectivity index (χ0n) is 13.8. The Morgan fingerprint density at radius 1 is 0.960 bits per heavy atom. The third-order valence-electron chi connectivity index (χ3n) is 4.41. The van der Waals surface area contributed by atoms with E-state index in [4.69, 9.17) is 9.47 Å². The molecule has 2 heterocycles. The van der Waals surface area contributed by atoms with Gasteiger partial charge in [-0.05, 0) is 29.7 Å². The number of hydrogen-bond acceptors (Lipinski definition) is 3. The molecule has 25 heavy (non-hydrogen) atoms. The van der Waals surface area contributed by atoms with Crippen molar-refractivity contribution in [2.75, 3.05) is 13.2 Å². The maximum absolute atomic E-state index is 13.1. The van der Waals surface area contributed by atoms with Crippen molar-refractivity contribution in [3.8, 4) is 11.1 Å². The summed E-state index contributed by atoms with van der Waals surface area (Å²) in [5.41, 5.74) is 2.96. The van der Waals surface area contributed by atoms with Gasteiger partial charge in [0.15, 0.2) is 0 Å². The molecule has 1 aliphatic rings. The molecule has 0 saturated carbocycles. The number of ether oxygens (including phenoxy) is 2. The van der Waals surface area contributed by atoms with E-state index in [1.54, 1.807) is 24.7 Å². The third-order valence-corrected chi connectivity index (χ3v) is 4.41. The molecule has 0 aliphatic carbocycles. The third kappa shape index (κ3) is 3.34. The fourth-order valence-corrected chi connectivity index (χ4v) is 3.10. The van der Waals surface area contributed by atoms with Crippen LogP contribution in [0.15, 0.2) is 67.3 Å². The molecule has 0 atom stereocenters. The van der Waals surface area contributed by atoms with E-state index in [-0.39, 0.29) is 5.82 Å². The van der Waals surface area contributed by atoms with Crippen LogP contribution in [0.3, 0.4) is 0 Å². The normalized spacial score (nSPS) is 16.7. The summed E-state index contributed by atoms with van der Waals surface area (Å²) in [6, 6.07) is 14.5. The highest BCUT2D eigenvalue weighted by atomic mass is 19.1. The van der Waals surface area contributed by atoms with Crippen LogP contribution in [-0.4, -0.2) is 22.8 Å². The maximum atomic E-state index is 13.1. The Morgan fingerprint density at radius 2 is 1.60 bits per heavy atom. The minimum Gasteiger partial charge on any atom is -0.344 e. The molecule has 0 unspecified atom stereocenters. The maximum Gasteiger partial charge on any atom is 0.213 e. The zero-order valence-corrected chi connectivity index (χ0v) is 13.8. The summed E-state index contributed by atoms with van der Waals surface area (Å²) in [4.78, 5) is 4.09. The Morgan fingerprint density at radius 3 is 2.20 bits per heavy atom. The molecule has 0 radical (unpaired) electrons. The van der Waals surface area contributed by atoms with Crippen molar-refractivity contribution < 1.29 is 13.9 Å². The summed E-state index contributed by atoms with van der Waals surface area (Å²) >= 11 is 0. The summed E-state index contributed by atoms with van der Waals surface area (Å²) in [6.07, 6.45) is 6.29. The molecule has 128 valence electrons. The van der Waals surface area contributed by atoms with Crippen molar-refractivity contribution >= 4 is 0 Å². The summed E-state index contributed by atoms with van der Waals surface area (Å²) in [7, 11) is 0. The first kappa shape index (κ1) is 16.0. The van der Waals surface area contributed by atoms with Crippen LogP contribution in [0.5, 0.6) is 0 Å². The average Bonchev–Trinajstić information content (AvgIpc) is 3.16. The molecule has 0 amide bonds. The fraction of sp³-hybridized carbons (Fsp3) is 0.250. The summed E-state index contributed by atoms with van der Waals surface area (Å²) in [5, 5.41) is 0. The van der Waals surface area contributed by atoms with E-state index >= 15 is 0 Å². The van der Waals surface area contributed by atoms with E-state index in [9.17, 15) is 4.39 Å². The number of imidazole rings is 1. The van der Waals surface area contributed by atoms with E-state index in [1.165, 1.54) is 12.1 Å². The van der Waals surface area contributed by atoms with Crippen molar-refractivity contribution in [1.82, 2.24) is 9.55 Å². The van der Waals surface area contributed by atoms with Gasteiger partial charge in [-0.2, -0.15) is 0 Å². The summed E-state index contributed by atoms with van der Waals surface area (Å²) < 4.78 is 27.2. The van der Waals surface area contributed by atoms with E-state index in [2.05, 4.69) is 4.98 Å². The second-order valence-corrected chi connectivity index (χ2v) is 6.12. The van der Waals surface area contributed by atoms with Gasteiger partial charge in [0.1, 0.15) is 5.82 Å². The molecule has 4 nitrogen and oxygen atoms in total. The fourth-order valence-electron chi connectivity index (χ4n) is 3.10. The van der Waals surface area contributed by atoms with Gasteiger partial charge in [0.25, 0.3) is 0 Å². The molecular weight excluding hydrogens is 319 g/mol. The molecule has 0 N–H and O–H groups in total. The van der Waals surface area contributed by atoms with Crippen LogP contribution in [0.1, 0.15) is 12.0 Å². The first-order valence-corrected chi connectivity index (χ1v) is 8.35. The quantitative estimate of drug-likeness (QED) is 0.722. The van der Waals surface area contributed by atoms with Crippen molar-refractivity contribution in [2.24, 2.45) is 0 Å². The lowest BCUT2D eigenvalue weighted by Crippen LogP contribution is -2.41. The Bertz CT molecular complexity index is 808. The SMILES string of the molecule is Fc1ccc(-c2ccc(C3(Cn4ccnc4)OCCCO3)cc2)cc1. The van der Waals surface area contributed by atoms with Gasteiger partial charge in [0.2, 0.25) is 5.79 Å². The minimum atomic E-state index is -0.805. The Hall–Kier alpha value is -2.50. The Balaban J connectivity index is 1.64. The molecule has 1 fully saturated rings. The second-order valence-electron chi connectivity index (χ2n) is 6.12. The van der Waals surface area contributed by atoms with Crippen LogP contribution >= 0.6 is 0 Å². The van der Waals surface area contributed by atoms with Gasteiger partial charge in [0.05, 0.1) is 26.1 Å². The van der Waals surface area contributed by atoms with Gasteiger partial charge in [0, 0.05) is 18.0 Å². The smallest absolute Gasteiger partial charge is 0.213 e. The van der Waals surface area contributed by atoms with E-state index < -0.39 is 5.79 Å². The molecule has 0 spiro atoms. The number of hydrogen-bond donors (Lipinski definition) is 0. The summed E-state index contributed by atoms with van der Waals surface area (Å²) in [6.45, 7) is 1.87. The summed E-state index contributed by atoms with van der Waals surface area (Å²) in [5.74, 6) is -1.04. The predicted octanol–water partition coefficient (Wildman–Crippen LogP) is 3.98. The van der Waals surface area contributed by atoms with Gasteiger partial charge < -0.3 is 14.0 Å². The monoisotopic (exact) mass is 338 g/mol. The second kappa shape index (κ2) is 6.78. The average molecular weight is 338 g/mol. The lowest BCUT2D eigenvalue weighted by molar-refractivity contribution is -0.283. The van der Waals surface area contributed by atoms with Crippen LogP contribution in [0.2, 0.25) is 0 Å². The minimum absolute atomic E-state index is 0.233. The van der Waals surface area contributed by atoms with Gasteiger partial charge >= 0.3 is 0 Å². The molecule has 4 rings (SSSR count). The van der Waals surface area contributed by atoms with Crippen LogP contribution in [0.4, 0.5) is 4.39 Å². The number of benzene rings is 2. The molecule has 3 aromatic rings. The highest BCUT2D eigenvalue weighted by molar-refractivity contribution is 5.63. The largest absolute Gasteiger partial charge is 0.344 e. The van der Waals surface area contributed by atoms with Crippen molar-refractivity contribution in [1.29, 1.82) is 0 Å². The first-order chi connectivity index (χ1) is 12.3. The molecular formula is C20H19FN2O2. The van der Waals surface area contributed by atoms with Gasteiger partial charge in [-0.1, -0.05) is 36.4 Å². The Kier molecular flexibility index (Phi) is 4.34. The van der Waals surface area contributed by atoms with Gasteiger partial charge in [-0.3, -0.25) is 0 Å². The van der Waals surface area contributed by atoms with Crippen molar-refractivity contribution in [3.63, 3.8) is 0 Å². The van der Waals surface area contributed by atoms with E-state index in [0.29, 0.717) is 19.8 Å². The van der Waals surface area contributed by atoms with Crippen LogP contribution in [-0.2, 0) is 21.8 Å². The van der Waals surface area contributed by atoms with E-state index in [1.807, 2.05) is 35.0 Å². The standard InChI is InChI=1S/C20H19FN2O2/c21-19-8-4-17(5-9-19)16-2-6-18(7-3-16)20(24-12-1-13-25-20)14-23-11-10-22-15-23/h2-11,15H,1,12-14H2. The van der Waals surface area contributed by atoms with E-state index in [0.717, 1.165) is 23.1 Å². The van der Waals surface area contributed by atoms with Crippen molar-refractivity contribution in [3.05, 3.63) is 78.6 Å². The topological polar surface area (TPSA) is 36.3 Å². The molecule has 2 aromatic carbocycles. The molecule has 5 heteroatoms. The highest BCUT2D eigenvalue weighted by Gasteiger charge is 2.37. The first-order valence-electron chi connectivity index (χ1n) is 8.35. The van der Waals surface area contributed by atoms with Crippen molar-refractivity contribution in [2.45, 2.75) is 18.8 Å². The lowest BCUT2D eigenvalue weighted by Gasteiger charge is -2.37. The lowest BCUT2D eigenvalue weighted by atomic mass is 9.99. The van der Waals surface area contributed by atoms with Crippen LogP contribution < -0.4 is 0 Å². The molecule has 1 saturated heterocycles. The van der Waals surface area contributed by atoms with Gasteiger partial charge in [-0.15, -0.1) is 0 Å². The molecule has 1 aromatic heterocycles. The predicted molar refractivity (Wildman–Crippen MR) is 92.3 cm³/mol.